The summed E-state index contributed by atoms with van der Waals surface area (Å²) in [6.45, 7) is 0.458. The van der Waals surface area contributed by atoms with Gasteiger partial charge in [-0.05, 0) is 35.7 Å². The number of carbonyl (C=O) groups excluding carboxylic acids is 2. The molecule has 1 heterocycles. The van der Waals surface area contributed by atoms with E-state index < -0.39 is 17.8 Å². The molecule has 0 unspecified atom stereocenters. The first-order valence-electron chi connectivity index (χ1n) is 8.17. The smallest absolute Gasteiger partial charge is 0.322 e. The summed E-state index contributed by atoms with van der Waals surface area (Å²) < 4.78 is 18.1. The first-order chi connectivity index (χ1) is 12.5. The number of ether oxygens (including phenoxy) is 1. The number of rotatable bonds is 3. The second-order valence-electron chi connectivity index (χ2n) is 6.00. The molecule has 0 aromatic heterocycles. The van der Waals surface area contributed by atoms with Crippen LogP contribution in [0, 0.1) is 5.82 Å². The Hall–Kier alpha value is -2.60. The van der Waals surface area contributed by atoms with Gasteiger partial charge < -0.3 is 15.0 Å². The highest BCUT2D eigenvalue weighted by Gasteiger charge is 2.32. The molecule has 0 bridgehead atoms. The molecule has 3 rings (SSSR count). The lowest BCUT2D eigenvalue weighted by Gasteiger charge is -2.36. The minimum absolute atomic E-state index is 0.0606. The fraction of sp³-hybridized carbons (Fsp3) is 0.263. The monoisotopic (exact) mass is 376 g/mol. The van der Waals surface area contributed by atoms with E-state index in [1.165, 1.54) is 25.3 Å². The van der Waals surface area contributed by atoms with Gasteiger partial charge in [-0.15, -0.1) is 0 Å². The second-order valence-corrected chi connectivity index (χ2v) is 6.40. The van der Waals surface area contributed by atoms with E-state index in [9.17, 15) is 14.0 Å². The van der Waals surface area contributed by atoms with Crippen molar-refractivity contribution in [2.45, 2.75) is 18.9 Å². The van der Waals surface area contributed by atoms with Gasteiger partial charge in [0.1, 0.15) is 5.82 Å². The number of nitrogens with one attached hydrogen (secondary N) is 1. The fourth-order valence-corrected chi connectivity index (χ4v) is 3.31. The average molecular weight is 377 g/mol. The molecule has 2 aromatic rings. The summed E-state index contributed by atoms with van der Waals surface area (Å²) in [6.07, 6.45) is 0.747. The predicted octanol–water partition coefficient (Wildman–Crippen LogP) is 4.17. The molecular weight excluding hydrogens is 359 g/mol. The summed E-state index contributed by atoms with van der Waals surface area (Å²) in [6, 6.07) is 10.9. The first-order valence-corrected chi connectivity index (χ1v) is 8.54. The van der Waals surface area contributed by atoms with E-state index in [1.807, 2.05) is 24.3 Å². The Morgan fingerprint density at radius 3 is 2.81 bits per heavy atom. The predicted molar refractivity (Wildman–Crippen MR) is 96.7 cm³/mol. The van der Waals surface area contributed by atoms with E-state index in [0.717, 1.165) is 11.1 Å². The van der Waals surface area contributed by atoms with Crippen molar-refractivity contribution >= 4 is 29.3 Å². The Balaban J connectivity index is 1.85. The van der Waals surface area contributed by atoms with Gasteiger partial charge in [-0.2, -0.15) is 0 Å². The Kier molecular flexibility index (Phi) is 5.42. The third-order valence-electron chi connectivity index (χ3n) is 4.43. The number of benzene rings is 2. The van der Waals surface area contributed by atoms with Crippen molar-refractivity contribution in [3.05, 3.63) is 64.4 Å². The molecule has 2 aromatic carbocycles. The maximum Gasteiger partial charge on any atom is 0.322 e. The molecule has 1 atom stereocenters. The van der Waals surface area contributed by atoms with Crippen LogP contribution in [0.15, 0.2) is 42.5 Å². The lowest BCUT2D eigenvalue weighted by atomic mass is 9.91. The summed E-state index contributed by atoms with van der Waals surface area (Å²) >= 11 is 5.77. The molecule has 5 nitrogen and oxygen atoms in total. The molecule has 2 amide bonds. The number of nitrogens with zero attached hydrogens (tertiary/aromatic N) is 1. The molecular formula is C19H18ClFN2O3. The van der Waals surface area contributed by atoms with E-state index in [4.69, 9.17) is 16.3 Å². The molecule has 0 saturated heterocycles. The van der Waals surface area contributed by atoms with Crippen LogP contribution in [0.4, 0.5) is 14.9 Å². The molecule has 136 valence electrons. The van der Waals surface area contributed by atoms with E-state index in [2.05, 4.69) is 5.32 Å². The molecule has 0 aliphatic carbocycles. The topological polar surface area (TPSA) is 58.6 Å². The molecule has 1 N–H and O–H groups in total. The Bertz CT molecular complexity index is 843. The van der Waals surface area contributed by atoms with Crippen molar-refractivity contribution in [3.63, 3.8) is 0 Å². The average Bonchev–Trinajstić information content (AvgIpc) is 2.64. The quantitative estimate of drug-likeness (QED) is 0.818. The van der Waals surface area contributed by atoms with Gasteiger partial charge in [-0.1, -0.05) is 35.9 Å². The standard InChI is InChI=1S/C19H18ClFN2O3/c1-26-18(24)11-17-14-5-3-2-4-12(14)8-9-23(17)19(25)22-13-6-7-16(21)15(20)10-13/h2-7,10,17H,8-9,11H2,1H3,(H,22,25)/t17-/m1/s1. The van der Waals surface area contributed by atoms with Gasteiger partial charge in [0.25, 0.3) is 0 Å². The van der Waals surface area contributed by atoms with Gasteiger partial charge in [-0.3, -0.25) is 4.79 Å². The number of hydrogen-bond acceptors (Lipinski definition) is 3. The molecule has 0 saturated carbocycles. The number of urea groups is 1. The third-order valence-corrected chi connectivity index (χ3v) is 4.72. The van der Waals surface area contributed by atoms with Gasteiger partial charge in [0, 0.05) is 12.2 Å². The van der Waals surface area contributed by atoms with E-state index >= 15 is 0 Å². The first kappa shape index (κ1) is 18.2. The maximum atomic E-state index is 13.3. The normalized spacial score (nSPS) is 16.0. The number of anilines is 1. The van der Waals surface area contributed by atoms with Crippen LogP contribution in [0.25, 0.3) is 0 Å². The van der Waals surface area contributed by atoms with Gasteiger partial charge >= 0.3 is 12.0 Å². The van der Waals surface area contributed by atoms with Crippen LogP contribution >= 0.6 is 11.6 Å². The second kappa shape index (κ2) is 7.74. The number of fused-ring (bicyclic) bond motifs is 1. The highest BCUT2D eigenvalue weighted by atomic mass is 35.5. The number of methoxy groups -OCH3 is 1. The fourth-order valence-electron chi connectivity index (χ4n) is 3.13. The zero-order valence-corrected chi connectivity index (χ0v) is 14.9. The number of esters is 1. The zero-order valence-electron chi connectivity index (χ0n) is 14.2. The van der Waals surface area contributed by atoms with Crippen LogP contribution in [-0.2, 0) is 16.0 Å². The Labute approximate surface area is 155 Å². The molecule has 26 heavy (non-hydrogen) atoms. The van der Waals surface area contributed by atoms with Gasteiger partial charge in [0.2, 0.25) is 0 Å². The Morgan fingerprint density at radius 2 is 2.08 bits per heavy atom. The molecule has 0 spiro atoms. The van der Waals surface area contributed by atoms with Crippen LogP contribution in [-0.4, -0.2) is 30.6 Å². The zero-order chi connectivity index (χ0) is 18.7. The molecule has 1 aliphatic rings. The maximum absolute atomic E-state index is 13.3. The van der Waals surface area contributed by atoms with Gasteiger partial charge in [0.05, 0.1) is 24.6 Å². The summed E-state index contributed by atoms with van der Waals surface area (Å²) in [5, 5.41) is 2.64. The third kappa shape index (κ3) is 3.80. The van der Waals surface area contributed by atoms with Crippen molar-refractivity contribution in [3.8, 4) is 0 Å². The number of hydrogen-bond donors (Lipinski definition) is 1. The molecule has 0 fully saturated rings. The minimum Gasteiger partial charge on any atom is -0.469 e. The highest BCUT2D eigenvalue weighted by Crippen LogP contribution is 2.33. The number of carbonyl (C=O) groups is 2. The Morgan fingerprint density at radius 1 is 1.31 bits per heavy atom. The van der Waals surface area contributed by atoms with Crippen LogP contribution in [0.2, 0.25) is 5.02 Å². The molecule has 1 aliphatic heterocycles. The SMILES string of the molecule is COC(=O)C[C@@H]1c2ccccc2CCN1C(=O)Nc1ccc(F)c(Cl)c1. The summed E-state index contributed by atoms with van der Waals surface area (Å²) in [4.78, 5) is 26.2. The lowest BCUT2D eigenvalue weighted by molar-refractivity contribution is -0.141. The highest BCUT2D eigenvalue weighted by molar-refractivity contribution is 6.31. The van der Waals surface area contributed by atoms with Crippen LogP contribution < -0.4 is 5.32 Å². The summed E-state index contributed by atoms with van der Waals surface area (Å²) in [7, 11) is 1.32. The van der Waals surface area contributed by atoms with Gasteiger partial charge in [-0.25, -0.2) is 9.18 Å². The van der Waals surface area contributed by atoms with Crippen molar-refractivity contribution in [2.24, 2.45) is 0 Å². The van der Waals surface area contributed by atoms with Gasteiger partial charge in [0.15, 0.2) is 0 Å². The van der Waals surface area contributed by atoms with Crippen molar-refractivity contribution in [1.82, 2.24) is 4.90 Å². The lowest BCUT2D eigenvalue weighted by Crippen LogP contribution is -2.43. The van der Waals surface area contributed by atoms with Crippen LogP contribution in [0.3, 0.4) is 0 Å². The minimum atomic E-state index is -0.555. The van der Waals surface area contributed by atoms with E-state index in [1.54, 1.807) is 4.90 Å². The van der Waals surface area contributed by atoms with Crippen molar-refractivity contribution in [1.29, 1.82) is 0 Å². The van der Waals surface area contributed by atoms with E-state index in [-0.39, 0.29) is 17.5 Å². The van der Waals surface area contributed by atoms with Crippen molar-refractivity contribution < 1.29 is 18.7 Å². The molecule has 0 radical (unpaired) electrons. The van der Waals surface area contributed by atoms with Crippen LogP contribution in [0.5, 0.6) is 0 Å². The van der Waals surface area contributed by atoms with E-state index in [0.29, 0.717) is 18.7 Å². The summed E-state index contributed by atoms with van der Waals surface area (Å²) in [5.74, 6) is -0.950. The number of halogens is 2. The van der Waals surface area contributed by atoms with Crippen LogP contribution in [0.1, 0.15) is 23.6 Å². The number of amides is 2. The summed E-state index contributed by atoms with van der Waals surface area (Å²) in [5.41, 5.74) is 2.42. The molecule has 7 heteroatoms. The largest absolute Gasteiger partial charge is 0.469 e. The van der Waals surface area contributed by atoms with Crippen molar-refractivity contribution in [2.75, 3.05) is 19.0 Å².